The molecule has 0 atom stereocenters. The Morgan fingerprint density at radius 3 is 2.48 bits per heavy atom. The minimum atomic E-state index is -0.134. The molecule has 1 N–H and O–H groups in total. The van der Waals surface area contributed by atoms with Crippen molar-refractivity contribution in [1.82, 2.24) is 10.2 Å². The number of anilines is 1. The van der Waals surface area contributed by atoms with Crippen molar-refractivity contribution in [3.63, 3.8) is 0 Å². The molecule has 0 spiro atoms. The van der Waals surface area contributed by atoms with Crippen molar-refractivity contribution in [3.8, 4) is 27.8 Å². The Kier molecular flexibility index (Phi) is 7.27. The van der Waals surface area contributed by atoms with E-state index in [1.165, 1.54) is 11.3 Å². The van der Waals surface area contributed by atoms with E-state index in [4.69, 9.17) is 25.8 Å². The second-order valence-electron chi connectivity index (χ2n) is 4.90. The molecule has 0 unspecified atom stereocenters. The first-order valence-corrected chi connectivity index (χ1v) is 9.06. The van der Waals surface area contributed by atoms with Crippen LogP contribution < -0.4 is 19.5 Å². The minimum Gasteiger partial charge on any atom is -0.493 e. The van der Waals surface area contributed by atoms with Gasteiger partial charge in [-0.05, 0) is 25.5 Å². The van der Waals surface area contributed by atoms with Gasteiger partial charge in [0.05, 0.1) is 20.8 Å². The van der Waals surface area contributed by atoms with Gasteiger partial charge in [0.25, 0.3) is 0 Å². The van der Waals surface area contributed by atoms with E-state index in [-0.39, 0.29) is 5.91 Å². The number of nitrogens with zero attached hydrogens (tertiary/aromatic N) is 2. The normalized spacial score (nSPS) is 10.4. The van der Waals surface area contributed by atoms with E-state index in [9.17, 15) is 4.79 Å². The molecule has 9 heteroatoms. The lowest BCUT2D eigenvalue weighted by molar-refractivity contribution is -0.116. The number of ether oxygens (including phenoxy) is 3. The Balaban J connectivity index is 2.25. The van der Waals surface area contributed by atoms with Crippen LogP contribution in [0.5, 0.6) is 17.2 Å². The zero-order chi connectivity index (χ0) is 18.2. The average Bonchev–Trinajstić information content (AvgIpc) is 3.08. The lowest BCUT2D eigenvalue weighted by Gasteiger charge is -2.14. The van der Waals surface area contributed by atoms with Crippen molar-refractivity contribution in [1.29, 1.82) is 0 Å². The number of methoxy groups -OCH3 is 2. The molecule has 0 saturated carbocycles. The number of aromatic nitrogens is 2. The highest BCUT2D eigenvalue weighted by molar-refractivity contribution is 7.18. The van der Waals surface area contributed by atoms with Gasteiger partial charge in [0.2, 0.25) is 16.8 Å². The Morgan fingerprint density at radius 2 is 1.92 bits per heavy atom. The maximum Gasteiger partial charge on any atom is 0.226 e. The Bertz CT molecular complexity index is 698. The van der Waals surface area contributed by atoms with E-state index in [0.29, 0.717) is 52.7 Å². The van der Waals surface area contributed by atoms with Crippen molar-refractivity contribution in [2.75, 3.05) is 32.0 Å². The van der Waals surface area contributed by atoms with Crippen LogP contribution in [0.1, 0.15) is 19.8 Å². The summed E-state index contributed by atoms with van der Waals surface area (Å²) >= 11 is 6.85. The molecule has 2 aromatic rings. The third kappa shape index (κ3) is 4.96. The minimum absolute atomic E-state index is 0.134. The molecule has 0 bridgehead atoms. The first-order valence-electron chi connectivity index (χ1n) is 7.71. The fourth-order valence-corrected chi connectivity index (χ4v) is 2.97. The SMILES string of the molecule is CCOc1c(OC)cc(-c2nnc(NC(=O)CCCCl)s2)cc1OC. The molecule has 0 aliphatic heterocycles. The van der Waals surface area contributed by atoms with Crippen LogP contribution in [0.2, 0.25) is 0 Å². The number of hydrogen-bond acceptors (Lipinski definition) is 7. The van der Waals surface area contributed by atoms with Crippen molar-refractivity contribution >= 4 is 34.0 Å². The number of carbonyl (C=O) groups excluding carboxylic acids is 1. The average molecular weight is 386 g/mol. The van der Waals surface area contributed by atoms with Crippen LogP contribution in [-0.4, -0.2) is 42.8 Å². The maximum absolute atomic E-state index is 11.7. The monoisotopic (exact) mass is 385 g/mol. The molecule has 2 rings (SSSR count). The number of hydrogen-bond donors (Lipinski definition) is 1. The number of alkyl halides is 1. The number of amides is 1. The van der Waals surface area contributed by atoms with Crippen LogP contribution in [0.25, 0.3) is 10.6 Å². The van der Waals surface area contributed by atoms with Crippen LogP contribution in [0.4, 0.5) is 5.13 Å². The lowest BCUT2D eigenvalue weighted by Crippen LogP contribution is -2.10. The van der Waals surface area contributed by atoms with Crippen LogP contribution in [0.3, 0.4) is 0 Å². The molecule has 7 nitrogen and oxygen atoms in total. The van der Waals surface area contributed by atoms with Crippen LogP contribution in [0, 0.1) is 0 Å². The number of benzene rings is 1. The molecular weight excluding hydrogens is 366 g/mol. The van der Waals surface area contributed by atoms with Crippen LogP contribution in [-0.2, 0) is 4.79 Å². The second kappa shape index (κ2) is 9.43. The van der Waals surface area contributed by atoms with E-state index in [2.05, 4.69) is 15.5 Å². The van der Waals surface area contributed by atoms with E-state index in [1.807, 2.05) is 6.92 Å². The highest BCUT2D eigenvalue weighted by Crippen LogP contribution is 2.42. The molecule has 0 aliphatic rings. The van der Waals surface area contributed by atoms with E-state index in [1.54, 1.807) is 26.4 Å². The molecule has 0 aliphatic carbocycles. The van der Waals surface area contributed by atoms with E-state index in [0.717, 1.165) is 5.56 Å². The summed E-state index contributed by atoms with van der Waals surface area (Å²) in [5.74, 6) is 1.93. The fraction of sp³-hybridized carbons (Fsp3) is 0.438. The summed E-state index contributed by atoms with van der Waals surface area (Å²) in [6.45, 7) is 2.38. The third-order valence-electron chi connectivity index (χ3n) is 3.21. The highest BCUT2D eigenvalue weighted by atomic mass is 35.5. The molecule has 0 fully saturated rings. The first kappa shape index (κ1) is 19.3. The number of nitrogens with one attached hydrogen (secondary N) is 1. The summed E-state index contributed by atoms with van der Waals surface area (Å²) in [5, 5.41) is 11.9. The largest absolute Gasteiger partial charge is 0.493 e. The van der Waals surface area contributed by atoms with Crippen LogP contribution in [0.15, 0.2) is 12.1 Å². The quantitative estimate of drug-likeness (QED) is 0.664. The topological polar surface area (TPSA) is 82.6 Å². The van der Waals surface area contributed by atoms with Crippen molar-refractivity contribution in [3.05, 3.63) is 12.1 Å². The van der Waals surface area contributed by atoms with Crippen molar-refractivity contribution in [2.24, 2.45) is 0 Å². The van der Waals surface area contributed by atoms with Crippen molar-refractivity contribution in [2.45, 2.75) is 19.8 Å². The van der Waals surface area contributed by atoms with E-state index < -0.39 is 0 Å². The van der Waals surface area contributed by atoms with Gasteiger partial charge in [0, 0.05) is 17.9 Å². The Morgan fingerprint density at radius 1 is 1.24 bits per heavy atom. The standard InChI is InChI=1S/C16H20ClN3O4S/c1-4-24-14-11(22-2)8-10(9-12(14)23-3)15-19-20-16(25-15)18-13(21)6-5-7-17/h8-9H,4-7H2,1-3H3,(H,18,20,21). The smallest absolute Gasteiger partial charge is 0.226 e. The summed E-state index contributed by atoms with van der Waals surface area (Å²) in [4.78, 5) is 11.7. The molecule has 136 valence electrons. The van der Waals surface area contributed by atoms with Gasteiger partial charge in [-0.25, -0.2) is 0 Å². The third-order valence-corrected chi connectivity index (χ3v) is 4.36. The Labute approximate surface area is 155 Å². The van der Waals surface area contributed by atoms with Gasteiger partial charge in [-0.15, -0.1) is 21.8 Å². The van der Waals surface area contributed by atoms with Gasteiger partial charge in [0.1, 0.15) is 5.01 Å². The number of rotatable bonds is 9. The van der Waals surface area contributed by atoms with E-state index >= 15 is 0 Å². The molecule has 25 heavy (non-hydrogen) atoms. The summed E-state index contributed by atoms with van der Waals surface area (Å²) in [7, 11) is 3.12. The predicted octanol–water partition coefficient (Wildman–Crippen LogP) is 3.58. The van der Waals surface area contributed by atoms with Gasteiger partial charge in [-0.1, -0.05) is 11.3 Å². The molecule has 0 radical (unpaired) electrons. The summed E-state index contributed by atoms with van der Waals surface area (Å²) in [6.07, 6.45) is 0.968. The summed E-state index contributed by atoms with van der Waals surface area (Å²) < 4.78 is 16.4. The predicted molar refractivity (Wildman–Crippen MR) is 98.2 cm³/mol. The highest BCUT2D eigenvalue weighted by Gasteiger charge is 2.17. The number of carbonyl (C=O) groups is 1. The fourth-order valence-electron chi connectivity index (χ4n) is 2.09. The lowest BCUT2D eigenvalue weighted by atomic mass is 10.2. The molecule has 0 saturated heterocycles. The molecule has 1 amide bonds. The molecule has 1 aromatic carbocycles. The van der Waals surface area contributed by atoms with Gasteiger partial charge < -0.3 is 19.5 Å². The van der Waals surface area contributed by atoms with Gasteiger partial charge in [-0.3, -0.25) is 4.79 Å². The van der Waals surface area contributed by atoms with Gasteiger partial charge in [-0.2, -0.15) is 0 Å². The first-order chi connectivity index (χ1) is 12.1. The molecule has 1 heterocycles. The van der Waals surface area contributed by atoms with Crippen molar-refractivity contribution < 1.29 is 19.0 Å². The number of halogens is 1. The Hall–Kier alpha value is -2.06. The van der Waals surface area contributed by atoms with Crippen LogP contribution >= 0.6 is 22.9 Å². The zero-order valence-electron chi connectivity index (χ0n) is 14.3. The zero-order valence-corrected chi connectivity index (χ0v) is 15.9. The second-order valence-corrected chi connectivity index (χ2v) is 6.25. The maximum atomic E-state index is 11.7. The molecule has 1 aromatic heterocycles. The van der Waals surface area contributed by atoms with Gasteiger partial charge >= 0.3 is 0 Å². The summed E-state index contributed by atoms with van der Waals surface area (Å²) in [6, 6.07) is 3.60. The molecular formula is C16H20ClN3O4S. The summed E-state index contributed by atoms with van der Waals surface area (Å²) in [5.41, 5.74) is 0.760. The van der Waals surface area contributed by atoms with Gasteiger partial charge in [0.15, 0.2) is 11.5 Å².